The van der Waals surface area contributed by atoms with Gasteiger partial charge in [-0.25, -0.2) is 0 Å². The molecule has 1 saturated carbocycles. The Bertz CT molecular complexity index is 770. The Balaban J connectivity index is 1.81. The van der Waals surface area contributed by atoms with Crippen molar-refractivity contribution in [2.45, 2.75) is 38.6 Å². The van der Waals surface area contributed by atoms with Gasteiger partial charge in [-0.1, -0.05) is 30.4 Å². The first-order valence-corrected chi connectivity index (χ1v) is 8.35. The highest BCUT2D eigenvalue weighted by atomic mass is 16.2. The van der Waals surface area contributed by atoms with Crippen molar-refractivity contribution in [3.05, 3.63) is 48.1 Å². The number of amides is 1. The minimum atomic E-state index is -0.0573. The summed E-state index contributed by atoms with van der Waals surface area (Å²) in [6.07, 6.45) is 5.36. The average Bonchev–Trinajstić information content (AvgIpc) is 2.82. The van der Waals surface area contributed by atoms with E-state index in [-0.39, 0.29) is 11.4 Å². The van der Waals surface area contributed by atoms with Crippen LogP contribution in [0.15, 0.2) is 47.5 Å². The van der Waals surface area contributed by atoms with Crippen LogP contribution in [-0.4, -0.2) is 17.2 Å². The van der Waals surface area contributed by atoms with E-state index in [1.54, 1.807) is 0 Å². The summed E-state index contributed by atoms with van der Waals surface area (Å²) in [6.45, 7) is 8.68. The van der Waals surface area contributed by atoms with Gasteiger partial charge >= 0.3 is 0 Å². The number of nitrogens with one attached hydrogen (secondary N) is 1. The third-order valence-electron chi connectivity index (χ3n) is 5.60. The van der Waals surface area contributed by atoms with E-state index >= 15 is 0 Å². The van der Waals surface area contributed by atoms with Crippen LogP contribution in [0.5, 0.6) is 0 Å². The highest BCUT2D eigenvalue weighted by Gasteiger charge is 2.41. The minimum absolute atomic E-state index is 0.0322. The largest absolute Gasteiger partial charge is 0.321 e. The summed E-state index contributed by atoms with van der Waals surface area (Å²) < 4.78 is 0. The summed E-state index contributed by atoms with van der Waals surface area (Å²) in [7, 11) is 0. The third kappa shape index (κ3) is 2.26. The quantitative estimate of drug-likeness (QED) is 0.612. The second-order valence-electron chi connectivity index (χ2n) is 7.43. The SMILES string of the molecule is C=C1CCC2C[C@H]1C(/C=C1\C(=O)Nc3ccccc31)=NC2(C)C. The molecule has 1 amide bonds. The number of benzene rings is 1. The summed E-state index contributed by atoms with van der Waals surface area (Å²) in [5, 5.41) is 2.94. The average molecular weight is 306 g/mol. The molecule has 2 heterocycles. The van der Waals surface area contributed by atoms with E-state index in [4.69, 9.17) is 4.99 Å². The molecule has 0 radical (unpaired) electrons. The van der Waals surface area contributed by atoms with Gasteiger partial charge in [0, 0.05) is 22.9 Å². The molecule has 2 bridgehead atoms. The van der Waals surface area contributed by atoms with Crippen LogP contribution in [0.3, 0.4) is 0 Å². The molecule has 0 aromatic heterocycles. The zero-order chi connectivity index (χ0) is 16.2. The normalized spacial score (nSPS) is 30.0. The zero-order valence-electron chi connectivity index (χ0n) is 13.7. The Morgan fingerprint density at radius 3 is 2.96 bits per heavy atom. The maximum Gasteiger partial charge on any atom is 0.256 e. The maximum absolute atomic E-state index is 12.4. The Kier molecular flexibility index (Phi) is 3.09. The van der Waals surface area contributed by atoms with Crippen LogP contribution in [0.25, 0.3) is 5.57 Å². The van der Waals surface area contributed by atoms with E-state index in [9.17, 15) is 4.79 Å². The molecule has 2 atom stereocenters. The van der Waals surface area contributed by atoms with Gasteiger partial charge in [0.1, 0.15) is 0 Å². The summed E-state index contributed by atoms with van der Waals surface area (Å²) in [5.41, 5.74) is 4.82. The highest BCUT2D eigenvalue weighted by molar-refractivity contribution is 6.34. The van der Waals surface area contributed by atoms with Gasteiger partial charge in [0.25, 0.3) is 5.91 Å². The van der Waals surface area contributed by atoms with E-state index in [2.05, 4.69) is 25.7 Å². The van der Waals surface area contributed by atoms with E-state index in [0.717, 1.165) is 35.4 Å². The van der Waals surface area contributed by atoms with Crippen LogP contribution in [0.4, 0.5) is 5.69 Å². The Hall–Kier alpha value is -2.16. The molecule has 1 aromatic carbocycles. The molecule has 23 heavy (non-hydrogen) atoms. The van der Waals surface area contributed by atoms with Crippen molar-refractivity contribution in [3.8, 4) is 0 Å². The smallest absolute Gasteiger partial charge is 0.256 e. The Morgan fingerprint density at radius 2 is 2.13 bits per heavy atom. The van der Waals surface area contributed by atoms with Crippen molar-refractivity contribution < 1.29 is 4.79 Å². The highest BCUT2D eigenvalue weighted by Crippen LogP contribution is 2.45. The topological polar surface area (TPSA) is 41.5 Å². The molecule has 3 heteroatoms. The monoisotopic (exact) mass is 306 g/mol. The van der Waals surface area contributed by atoms with Crippen LogP contribution >= 0.6 is 0 Å². The standard InChI is InChI=1S/C20H22N2O/c1-12-8-9-13-10-15(12)18(22-20(13,2)3)11-16-14-6-4-5-7-17(14)21-19(16)23/h4-7,11,13,15H,1,8-10H2,2-3H3,(H,21,23)/b16-11-/t13?,15-/m1/s1. The first kappa shape index (κ1) is 14.4. The molecule has 0 spiro atoms. The number of carbonyl (C=O) groups is 1. The number of carbonyl (C=O) groups excluding carboxylic acids is 1. The summed E-state index contributed by atoms with van der Waals surface area (Å²) in [5.74, 6) is 0.884. The Labute approximate surface area is 137 Å². The minimum Gasteiger partial charge on any atom is -0.321 e. The molecule has 2 aliphatic heterocycles. The fourth-order valence-corrected chi connectivity index (χ4v) is 4.14. The predicted molar refractivity (Wildman–Crippen MR) is 94.5 cm³/mol. The number of para-hydroxylation sites is 1. The third-order valence-corrected chi connectivity index (χ3v) is 5.60. The lowest BCUT2D eigenvalue weighted by molar-refractivity contribution is -0.110. The molecule has 1 N–H and O–H groups in total. The Morgan fingerprint density at radius 1 is 1.35 bits per heavy atom. The molecule has 4 rings (SSSR count). The number of hydrogen-bond donors (Lipinski definition) is 1. The molecule has 118 valence electrons. The molecular formula is C20H22N2O. The van der Waals surface area contributed by atoms with Crippen molar-refractivity contribution in [2.75, 3.05) is 5.32 Å². The van der Waals surface area contributed by atoms with Crippen LogP contribution in [-0.2, 0) is 4.79 Å². The van der Waals surface area contributed by atoms with Gasteiger partial charge in [0.15, 0.2) is 0 Å². The van der Waals surface area contributed by atoms with Gasteiger partial charge in [-0.2, -0.15) is 0 Å². The van der Waals surface area contributed by atoms with Gasteiger partial charge in [0.05, 0.1) is 11.1 Å². The van der Waals surface area contributed by atoms with Crippen molar-refractivity contribution in [1.82, 2.24) is 0 Å². The fraction of sp³-hybridized carbons (Fsp3) is 0.400. The molecule has 3 nitrogen and oxygen atoms in total. The maximum atomic E-state index is 12.4. The van der Waals surface area contributed by atoms with Crippen molar-refractivity contribution in [2.24, 2.45) is 16.8 Å². The van der Waals surface area contributed by atoms with Gasteiger partial charge in [-0.15, -0.1) is 0 Å². The number of hydrogen-bond acceptors (Lipinski definition) is 2. The lowest BCUT2D eigenvalue weighted by Gasteiger charge is -2.44. The van der Waals surface area contributed by atoms with Gasteiger partial charge in [-0.3, -0.25) is 9.79 Å². The first-order valence-electron chi connectivity index (χ1n) is 8.35. The lowest BCUT2D eigenvalue weighted by Crippen LogP contribution is -2.42. The molecule has 1 aliphatic carbocycles. The van der Waals surface area contributed by atoms with E-state index < -0.39 is 0 Å². The van der Waals surface area contributed by atoms with Crippen LogP contribution in [0.1, 0.15) is 38.7 Å². The number of aliphatic imine (C=N–C) groups is 1. The number of rotatable bonds is 1. The summed E-state index contributed by atoms with van der Waals surface area (Å²) in [6, 6.07) is 7.84. The van der Waals surface area contributed by atoms with E-state index in [0.29, 0.717) is 11.8 Å². The second-order valence-corrected chi connectivity index (χ2v) is 7.43. The number of allylic oxidation sites excluding steroid dienone is 2. The summed E-state index contributed by atoms with van der Waals surface area (Å²) in [4.78, 5) is 17.4. The molecule has 0 saturated heterocycles. The summed E-state index contributed by atoms with van der Waals surface area (Å²) >= 11 is 0. The van der Waals surface area contributed by atoms with Gasteiger partial charge in [0.2, 0.25) is 0 Å². The van der Waals surface area contributed by atoms with Crippen molar-refractivity contribution in [1.29, 1.82) is 0 Å². The predicted octanol–water partition coefficient (Wildman–Crippen LogP) is 4.23. The van der Waals surface area contributed by atoms with Crippen LogP contribution in [0, 0.1) is 11.8 Å². The first-order chi connectivity index (χ1) is 11.0. The molecule has 1 fully saturated rings. The van der Waals surface area contributed by atoms with Crippen molar-refractivity contribution in [3.63, 3.8) is 0 Å². The van der Waals surface area contributed by atoms with Crippen molar-refractivity contribution >= 4 is 22.9 Å². The van der Waals surface area contributed by atoms with Gasteiger partial charge in [-0.05, 0) is 51.2 Å². The molecular weight excluding hydrogens is 284 g/mol. The van der Waals surface area contributed by atoms with Crippen LogP contribution in [0.2, 0.25) is 0 Å². The molecule has 3 aliphatic rings. The van der Waals surface area contributed by atoms with E-state index in [1.165, 1.54) is 12.0 Å². The number of anilines is 1. The zero-order valence-corrected chi connectivity index (χ0v) is 13.7. The van der Waals surface area contributed by atoms with Crippen LogP contribution < -0.4 is 5.32 Å². The molecule has 1 unspecified atom stereocenters. The second kappa shape index (κ2) is 4.92. The fourth-order valence-electron chi connectivity index (χ4n) is 4.14. The molecule has 1 aromatic rings. The van der Waals surface area contributed by atoms with Gasteiger partial charge < -0.3 is 5.32 Å². The van der Waals surface area contributed by atoms with E-state index in [1.807, 2.05) is 30.3 Å². The lowest BCUT2D eigenvalue weighted by atomic mass is 9.66. The number of nitrogens with zero attached hydrogens (tertiary/aromatic N) is 1. The number of fused-ring (bicyclic) bond motifs is 3.